The van der Waals surface area contributed by atoms with Gasteiger partial charge in [-0.25, -0.2) is 4.79 Å². The van der Waals surface area contributed by atoms with Crippen LogP contribution in [0.1, 0.15) is 12.5 Å². The van der Waals surface area contributed by atoms with E-state index in [1.165, 1.54) is 18.2 Å². The van der Waals surface area contributed by atoms with Gasteiger partial charge in [0.05, 0.1) is 11.6 Å². The van der Waals surface area contributed by atoms with Gasteiger partial charge in [-0.15, -0.1) is 0 Å². The van der Waals surface area contributed by atoms with Crippen LogP contribution >= 0.6 is 15.9 Å². The Morgan fingerprint density at radius 3 is 2.42 bits per heavy atom. The molecule has 1 rings (SSSR count). The SMILES string of the molecule is CC(Nc1ccc(C#N)cc1Br)(C(=O)O)C(F)(F)F. The summed E-state index contributed by atoms with van der Waals surface area (Å²) in [7, 11) is 0. The van der Waals surface area contributed by atoms with Gasteiger partial charge >= 0.3 is 12.1 Å². The van der Waals surface area contributed by atoms with E-state index in [-0.39, 0.29) is 15.7 Å². The van der Waals surface area contributed by atoms with E-state index in [0.29, 0.717) is 6.92 Å². The summed E-state index contributed by atoms with van der Waals surface area (Å²) in [6.07, 6.45) is -4.98. The molecule has 0 aromatic heterocycles. The molecule has 2 N–H and O–H groups in total. The number of nitrogens with zero attached hydrogens (tertiary/aromatic N) is 1. The van der Waals surface area contributed by atoms with Crippen molar-refractivity contribution in [3.63, 3.8) is 0 Å². The molecule has 0 aliphatic rings. The third kappa shape index (κ3) is 2.98. The van der Waals surface area contributed by atoms with E-state index in [2.05, 4.69) is 15.9 Å². The highest BCUT2D eigenvalue weighted by atomic mass is 79.9. The van der Waals surface area contributed by atoms with Crippen LogP contribution in [0.5, 0.6) is 0 Å². The molecule has 0 saturated carbocycles. The van der Waals surface area contributed by atoms with Crippen LogP contribution in [-0.4, -0.2) is 22.8 Å². The van der Waals surface area contributed by atoms with Crippen molar-refractivity contribution in [2.75, 3.05) is 5.32 Å². The zero-order valence-electron chi connectivity index (χ0n) is 9.55. The van der Waals surface area contributed by atoms with Crippen LogP contribution in [0.25, 0.3) is 0 Å². The molecule has 0 bridgehead atoms. The number of carbonyl (C=O) groups is 1. The molecule has 0 spiro atoms. The van der Waals surface area contributed by atoms with Crippen molar-refractivity contribution in [1.29, 1.82) is 5.26 Å². The average molecular weight is 337 g/mol. The Morgan fingerprint density at radius 1 is 1.47 bits per heavy atom. The van der Waals surface area contributed by atoms with Crippen molar-refractivity contribution in [3.8, 4) is 6.07 Å². The van der Waals surface area contributed by atoms with Gasteiger partial charge in [-0.3, -0.25) is 0 Å². The molecule has 0 heterocycles. The molecule has 0 saturated heterocycles. The van der Waals surface area contributed by atoms with Gasteiger partial charge in [-0.2, -0.15) is 18.4 Å². The Kier molecular flexibility index (Phi) is 4.10. The van der Waals surface area contributed by atoms with Crippen LogP contribution in [0.4, 0.5) is 18.9 Å². The largest absolute Gasteiger partial charge is 0.479 e. The Hall–Kier alpha value is -1.75. The van der Waals surface area contributed by atoms with Crippen molar-refractivity contribution in [2.24, 2.45) is 0 Å². The fourth-order valence-corrected chi connectivity index (χ4v) is 1.68. The number of rotatable bonds is 3. The molecule has 0 amide bonds. The minimum atomic E-state index is -4.98. The number of alkyl halides is 3. The van der Waals surface area contributed by atoms with E-state index in [4.69, 9.17) is 10.4 Å². The Morgan fingerprint density at radius 2 is 2.05 bits per heavy atom. The zero-order valence-corrected chi connectivity index (χ0v) is 11.1. The molecule has 0 radical (unpaired) electrons. The van der Waals surface area contributed by atoms with Gasteiger partial charge in [0.2, 0.25) is 5.54 Å². The van der Waals surface area contributed by atoms with Crippen LogP contribution < -0.4 is 5.32 Å². The molecule has 0 fully saturated rings. The van der Waals surface area contributed by atoms with Crippen LogP contribution in [0, 0.1) is 11.3 Å². The van der Waals surface area contributed by atoms with Crippen molar-refractivity contribution >= 4 is 27.6 Å². The standard InChI is InChI=1S/C11H8BrF3N2O2/c1-10(9(18)19,11(13,14)15)17-8-3-2-6(5-16)4-7(8)12/h2-4,17H,1H3,(H,18,19). The summed E-state index contributed by atoms with van der Waals surface area (Å²) in [6, 6.07) is 5.59. The van der Waals surface area contributed by atoms with Gasteiger partial charge < -0.3 is 10.4 Å². The topological polar surface area (TPSA) is 73.1 Å². The van der Waals surface area contributed by atoms with E-state index in [9.17, 15) is 18.0 Å². The van der Waals surface area contributed by atoms with Crippen molar-refractivity contribution in [3.05, 3.63) is 28.2 Å². The van der Waals surface area contributed by atoms with E-state index < -0.39 is 17.7 Å². The van der Waals surface area contributed by atoms with Crippen molar-refractivity contribution < 1.29 is 23.1 Å². The molecule has 1 unspecified atom stereocenters. The number of carboxylic acid groups (broad SMARTS) is 1. The van der Waals surface area contributed by atoms with E-state index in [1.54, 1.807) is 0 Å². The highest BCUT2D eigenvalue weighted by Gasteiger charge is 2.57. The molecule has 0 aliphatic heterocycles. The lowest BCUT2D eigenvalue weighted by Gasteiger charge is -2.30. The summed E-state index contributed by atoms with van der Waals surface area (Å²) in [6.45, 7) is 0.528. The van der Waals surface area contributed by atoms with Gasteiger partial charge in [0, 0.05) is 10.2 Å². The monoisotopic (exact) mass is 336 g/mol. The molecule has 1 aromatic carbocycles. The summed E-state index contributed by atoms with van der Waals surface area (Å²) in [5, 5.41) is 19.3. The first-order valence-electron chi connectivity index (χ1n) is 4.90. The summed E-state index contributed by atoms with van der Waals surface area (Å²) in [5.74, 6) is -2.05. The number of hydrogen-bond donors (Lipinski definition) is 2. The lowest BCUT2D eigenvalue weighted by Crippen LogP contribution is -2.55. The number of aliphatic carboxylic acids is 1. The molecule has 8 heteroatoms. The Bertz CT molecular complexity index is 554. The summed E-state index contributed by atoms with van der Waals surface area (Å²) >= 11 is 2.98. The maximum Gasteiger partial charge on any atom is 0.422 e. The lowest BCUT2D eigenvalue weighted by molar-refractivity contribution is -0.192. The first kappa shape index (κ1) is 15.3. The fraction of sp³-hybridized carbons (Fsp3) is 0.273. The molecule has 19 heavy (non-hydrogen) atoms. The summed E-state index contributed by atoms with van der Waals surface area (Å²) in [4.78, 5) is 10.9. The van der Waals surface area contributed by atoms with E-state index in [1.807, 2.05) is 11.4 Å². The minimum Gasteiger partial charge on any atom is -0.479 e. The number of benzene rings is 1. The highest BCUT2D eigenvalue weighted by Crippen LogP contribution is 2.36. The molecular weight excluding hydrogens is 329 g/mol. The normalized spacial score (nSPS) is 14.3. The molecule has 1 atom stereocenters. The number of anilines is 1. The van der Waals surface area contributed by atoms with Crippen LogP contribution in [0.2, 0.25) is 0 Å². The molecule has 0 aliphatic carbocycles. The van der Waals surface area contributed by atoms with Gasteiger partial charge in [0.15, 0.2) is 0 Å². The quantitative estimate of drug-likeness (QED) is 0.889. The van der Waals surface area contributed by atoms with Gasteiger partial charge in [-0.1, -0.05) is 0 Å². The number of nitriles is 1. The second-order valence-corrected chi connectivity index (χ2v) is 4.71. The highest BCUT2D eigenvalue weighted by molar-refractivity contribution is 9.10. The number of carboxylic acids is 1. The first-order chi connectivity index (χ1) is 8.61. The second-order valence-electron chi connectivity index (χ2n) is 3.86. The Balaban J connectivity index is 3.20. The number of nitrogens with one attached hydrogen (secondary N) is 1. The predicted molar refractivity (Wildman–Crippen MR) is 64.6 cm³/mol. The van der Waals surface area contributed by atoms with Crippen LogP contribution in [0.3, 0.4) is 0 Å². The molecule has 4 nitrogen and oxygen atoms in total. The fourth-order valence-electron chi connectivity index (χ4n) is 1.20. The lowest BCUT2D eigenvalue weighted by atomic mass is 10.0. The third-order valence-corrected chi connectivity index (χ3v) is 3.13. The Labute approximate surface area is 115 Å². The first-order valence-corrected chi connectivity index (χ1v) is 5.69. The number of hydrogen-bond acceptors (Lipinski definition) is 3. The van der Waals surface area contributed by atoms with Gasteiger partial charge in [0.25, 0.3) is 0 Å². The average Bonchev–Trinajstić information content (AvgIpc) is 2.29. The number of halogens is 4. The maximum atomic E-state index is 12.8. The zero-order chi connectivity index (χ0) is 14.8. The molecular formula is C11H8BrF3N2O2. The summed E-state index contributed by atoms with van der Waals surface area (Å²) < 4.78 is 38.6. The minimum absolute atomic E-state index is 0.0683. The van der Waals surface area contributed by atoms with Crippen LogP contribution in [0.15, 0.2) is 22.7 Å². The van der Waals surface area contributed by atoms with E-state index >= 15 is 0 Å². The van der Waals surface area contributed by atoms with Crippen LogP contribution in [-0.2, 0) is 4.79 Å². The van der Waals surface area contributed by atoms with Crippen molar-refractivity contribution in [1.82, 2.24) is 0 Å². The smallest absolute Gasteiger partial charge is 0.422 e. The van der Waals surface area contributed by atoms with Gasteiger partial charge in [-0.05, 0) is 41.1 Å². The maximum absolute atomic E-state index is 12.8. The van der Waals surface area contributed by atoms with E-state index in [0.717, 1.165) is 0 Å². The second kappa shape index (κ2) is 5.09. The van der Waals surface area contributed by atoms with Crippen molar-refractivity contribution in [2.45, 2.75) is 18.6 Å². The predicted octanol–water partition coefficient (Wildman–Crippen LogP) is 3.14. The molecule has 1 aromatic rings. The summed E-state index contributed by atoms with van der Waals surface area (Å²) in [5.41, 5.74) is -2.95. The van der Waals surface area contributed by atoms with Gasteiger partial charge in [0.1, 0.15) is 0 Å². The molecule has 102 valence electrons. The third-order valence-electron chi connectivity index (χ3n) is 2.48.